The predicted octanol–water partition coefficient (Wildman–Crippen LogP) is 1.84. The number of rotatable bonds is 4. The molecule has 1 aliphatic rings. The van der Waals surface area contributed by atoms with E-state index in [-0.39, 0.29) is 35.1 Å². The van der Waals surface area contributed by atoms with Crippen LogP contribution in [-0.2, 0) is 11.3 Å². The Hall–Kier alpha value is -2.26. The molecule has 9 heteroatoms. The molecule has 4 heterocycles. The van der Waals surface area contributed by atoms with Crippen LogP contribution < -0.4 is 16.2 Å². The van der Waals surface area contributed by atoms with Gasteiger partial charge in [0.2, 0.25) is 5.91 Å². The molecule has 1 amide bonds. The first kappa shape index (κ1) is 18.1. The molecule has 0 aliphatic carbocycles. The Morgan fingerprint density at radius 3 is 2.96 bits per heavy atom. The minimum absolute atomic E-state index is 0.00326. The minimum atomic E-state index is -0.347. The van der Waals surface area contributed by atoms with Gasteiger partial charge in [-0.1, -0.05) is 13.8 Å². The maximum atomic E-state index is 13.6. The van der Waals surface area contributed by atoms with Crippen molar-refractivity contribution in [1.82, 2.24) is 24.8 Å². The second-order valence-corrected chi connectivity index (χ2v) is 8.29. The molecule has 2 N–H and O–H groups in total. The molecule has 1 saturated heterocycles. The van der Waals surface area contributed by atoms with Crippen LogP contribution in [-0.4, -0.2) is 39.2 Å². The number of thiophene rings is 1. The van der Waals surface area contributed by atoms with Gasteiger partial charge in [-0.05, 0) is 25.5 Å². The number of halogens is 1. The Morgan fingerprint density at radius 2 is 2.26 bits per heavy atom. The molecule has 7 nitrogen and oxygen atoms in total. The quantitative estimate of drug-likeness (QED) is 0.711. The number of nitrogens with zero attached hydrogens (tertiary/aromatic N) is 3. The van der Waals surface area contributed by atoms with E-state index >= 15 is 0 Å². The molecule has 1 aliphatic heterocycles. The van der Waals surface area contributed by atoms with E-state index in [9.17, 15) is 14.0 Å². The largest absolute Gasteiger partial charge is 0.350 e. The molecule has 0 radical (unpaired) electrons. The molecular formula is C18H22FN5O2S. The normalized spacial score (nSPS) is 17.9. The van der Waals surface area contributed by atoms with Crippen LogP contribution in [0.15, 0.2) is 16.9 Å². The van der Waals surface area contributed by atoms with Gasteiger partial charge >= 0.3 is 0 Å². The summed E-state index contributed by atoms with van der Waals surface area (Å²) in [6.07, 6.45) is 1.95. The fraction of sp³-hybridized carbons (Fsp3) is 0.500. The van der Waals surface area contributed by atoms with E-state index in [4.69, 9.17) is 0 Å². The zero-order valence-electron chi connectivity index (χ0n) is 15.3. The number of fused-ring (bicyclic) bond motifs is 3. The van der Waals surface area contributed by atoms with Crippen molar-refractivity contribution in [2.45, 2.75) is 45.2 Å². The Kier molecular flexibility index (Phi) is 4.73. The molecule has 144 valence electrons. The van der Waals surface area contributed by atoms with Crippen LogP contribution in [0.5, 0.6) is 0 Å². The Morgan fingerprint density at radius 1 is 1.44 bits per heavy atom. The molecule has 0 bridgehead atoms. The first-order valence-corrected chi connectivity index (χ1v) is 9.97. The highest BCUT2D eigenvalue weighted by atomic mass is 32.1. The molecule has 0 spiro atoms. The summed E-state index contributed by atoms with van der Waals surface area (Å²) in [5.74, 6) is 0.407. The summed E-state index contributed by atoms with van der Waals surface area (Å²) < 4.78 is 17.3. The minimum Gasteiger partial charge on any atom is -0.350 e. The van der Waals surface area contributed by atoms with Gasteiger partial charge in [0, 0.05) is 24.6 Å². The lowest BCUT2D eigenvalue weighted by atomic mass is 10.1. The third-order valence-corrected chi connectivity index (χ3v) is 5.70. The maximum Gasteiger partial charge on any atom is 0.291 e. The second-order valence-electron chi connectivity index (χ2n) is 7.25. The average Bonchev–Trinajstić information content (AvgIpc) is 3.14. The molecule has 3 aromatic heterocycles. The van der Waals surface area contributed by atoms with Gasteiger partial charge in [0.15, 0.2) is 5.13 Å². The van der Waals surface area contributed by atoms with Crippen molar-refractivity contribution in [2.75, 3.05) is 13.1 Å². The zero-order valence-corrected chi connectivity index (χ0v) is 16.1. The lowest BCUT2D eigenvalue weighted by Crippen LogP contribution is -2.47. The number of carbonyl (C=O) groups is 1. The summed E-state index contributed by atoms with van der Waals surface area (Å²) in [5, 5.41) is 10.4. The van der Waals surface area contributed by atoms with E-state index < -0.39 is 0 Å². The molecule has 27 heavy (non-hydrogen) atoms. The van der Waals surface area contributed by atoms with Gasteiger partial charge < -0.3 is 10.6 Å². The van der Waals surface area contributed by atoms with Crippen molar-refractivity contribution >= 4 is 33.0 Å². The summed E-state index contributed by atoms with van der Waals surface area (Å²) in [6, 6.07) is 3.18. The topological polar surface area (TPSA) is 80.4 Å². The van der Waals surface area contributed by atoms with Crippen LogP contribution in [0, 0.1) is 5.13 Å². The van der Waals surface area contributed by atoms with E-state index in [1.54, 1.807) is 10.5 Å². The first-order valence-electron chi connectivity index (χ1n) is 9.15. The van der Waals surface area contributed by atoms with E-state index in [0.29, 0.717) is 21.6 Å². The summed E-state index contributed by atoms with van der Waals surface area (Å²) in [4.78, 5) is 25.3. The Balaban J connectivity index is 1.71. The molecule has 4 rings (SSSR count). The van der Waals surface area contributed by atoms with Gasteiger partial charge in [-0.2, -0.15) is 9.49 Å². The number of piperidine rings is 1. The van der Waals surface area contributed by atoms with Crippen LogP contribution >= 0.6 is 11.3 Å². The SMILES string of the molecule is CC(C)c1nn(CC(=O)N[C@@H]2CCCNC2)c(=O)c2cc3sc(F)cc3n12. The van der Waals surface area contributed by atoms with Crippen molar-refractivity contribution in [1.29, 1.82) is 0 Å². The van der Waals surface area contributed by atoms with E-state index in [1.165, 1.54) is 10.7 Å². The third kappa shape index (κ3) is 3.37. The van der Waals surface area contributed by atoms with Gasteiger partial charge in [0.25, 0.3) is 5.56 Å². The Bertz CT molecular complexity index is 1060. The van der Waals surface area contributed by atoms with Crippen LogP contribution in [0.2, 0.25) is 0 Å². The van der Waals surface area contributed by atoms with Gasteiger partial charge in [0.1, 0.15) is 17.9 Å². The molecule has 3 aromatic rings. The molecule has 1 atom stereocenters. The first-order chi connectivity index (χ1) is 12.9. The van der Waals surface area contributed by atoms with Gasteiger partial charge in [-0.15, -0.1) is 11.3 Å². The number of carbonyl (C=O) groups excluding carboxylic acids is 1. The van der Waals surface area contributed by atoms with E-state index in [2.05, 4.69) is 15.7 Å². The summed E-state index contributed by atoms with van der Waals surface area (Å²) in [6.45, 7) is 5.50. The number of nitrogens with one attached hydrogen (secondary N) is 2. The van der Waals surface area contributed by atoms with Crippen molar-refractivity contribution in [3.8, 4) is 0 Å². The highest BCUT2D eigenvalue weighted by Gasteiger charge is 2.21. The smallest absolute Gasteiger partial charge is 0.291 e. The number of aromatic nitrogens is 3. The molecular weight excluding hydrogens is 369 g/mol. The number of amides is 1. The van der Waals surface area contributed by atoms with Crippen molar-refractivity contribution < 1.29 is 9.18 Å². The summed E-state index contributed by atoms with van der Waals surface area (Å²) in [7, 11) is 0. The number of hydrogen-bond donors (Lipinski definition) is 2. The molecule has 0 aromatic carbocycles. The maximum absolute atomic E-state index is 13.6. The highest BCUT2D eigenvalue weighted by molar-refractivity contribution is 7.17. The third-order valence-electron chi connectivity index (χ3n) is 4.84. The van der Waals surface area contributed by atoms with Crippen molar-refractivity contribution in [2.24, 2.45) is 0 Å². The zero-order chi connectivity index (χ0) is 19.1. The predicted molar refractivity (Wildman–Crippen MR) is 103 cm³/mol. The van der Waals surface area contributed by atoms with Crippen molar-refractivity contribution in [3.05, 3.63) is 33.4 Å². The summed E-state index contributed by atoms with van der Waals surface area (Å²) in [5.41, 5.74) is 0.716. The lowest BCUT2D eigenvalue weighted by molar-refractivity contribution is -0.122. The molecule has 0 unspecified atom stereocenters. The summed E-state index contributed by atoms with van der Waals surface area (Å²) >= 11 is 1.00. The van der Waals surface area contributed by atoms with Crippen LogP contribution in [0.1, 0.15) is 38.4 Å². The van der Waals surface area contributed by atoms with E-state index in [1.807, 2.05) is 13.8 Å². The van der Waals surface area contributed by atoms with Crippen LogP contribution in [0.3, 0.4) is 0 Å². The standard InChI is InChI=1S/C18H22FN5O2S/c1-10(2)17-22-23(9-16(25)21-11-4-3-5-20-8-11)18(26)13-6-14-12(24(13)17)7-15(19)27-14/h6-7,10-11,20H,3-5,8-9H2,1-2H3,(H,21,25)/t11-/m1/s1. The second kappa shape index (κ2) is 7.05. The molecule has 0 saturated carbocycles. The van der Waals surface area contributed by atoms with E-state index in [0.717, 1.165) is 37.3 Å². The van der Waals surface area contributed by atoms with Gasteiger partial charge in [0.05, 0.1) is 10.2 Å². The van der Waals surface area contributed by atoms with Gasteiger partial charge in [-0.3, -0.25) is 14.0 Å². The fourth-order valence-corrected chi connectivity index (χ4v) is 4.38. The average molecular weight is 391 g/mol. The fourth-order valence-electron chi connectivity index (χ4n) is 3.58. The lowest BCUT2D eigenvalue weighted by Gasteiger charge is -2.23. The van der Waals surface area contributed by atoms with Gasteiger partial charge in [-0.25, -0.2) is 4.68 Å². The number of hydrogen-bond acceptors (Lipinski definition) is 5. The highest BCUT2D eigenvalue weighted by Crippen LogP contribution is 2.29. The Labute approximate surface area is 159 Å². The monoisotopic (exact) mass is 391 g/mol. The van der Waals surface area contributed by atoms with Crippen molar-refractivity contribution in [3.63, 3.8) is 0 Å². The molecule has 1 fully saturated rings. The van der Waals surface area contributed by atoms with Crippen LogP contribution in [0.4, 0.5) is 4.39 Å². The van der Waals surface area contributed by atoms with Crippen LogP contribution in [0.25, 0.3) is 15.7 Å².